The van der Waals surface area contributed by atoms with E-state index < -0.39 is 5.97 Å². The molecule has 0 amide bonds. The molecule has 0 aliphatic carbocycles. The van der Waals surface area contributed by atoms with Gasteiger partial charge >= 0.3 is 5.97 Å². The molecule has 0 aliphatic heterocycles. The first-order valence-corrected chi connectivity index (χ1v) is 9.17. The normalized spacial score (nSPS) is 10.5. The molecule has 2 aromatic carbocycles. The Morgan fingerprint density at radius 1 is 1.11 bits per heavy atom. The SMILES string of the molecule is CCOC(=O)c1c(-c2ccc(-c3ccccc3F)cc2)c(C#N)c(CC)n1C. The summed E-state index contributed by atoms with van der Waals surface area (Å²) in [5.74, 6) is -0.762. The van der Waals surface area contributed by atoms with Crippen molar-refractivity contribution in [2.24, 2.45) is 7.05 Å². The average Bonchev–Trinajstić information content (AvgIpc) is 3.00. The molecule has 0 fully saturated rings. The molecule has 1 heterocycles. The lowest BCUT2D eigenvalue weighted by atomic mass is 9.97. The number of rotatable bonds is 5. The maximum absolute atomic E-state index is 14.1. The summed E-state index contributed by atoms with van der Waals surface area (Å²) in [5, 5.41) is 9.75. The Morgan fingerprint density at radius 3 is 2.32 bits per heavy atom. The second-order valence-corrected chi connectivity index (χ2v) is 6.35. The maximum atomic E-state index is 14.1. The largest absolute Gasteiger partial charge is 0.461 e. The predicted molar refractivity (Wildman–Crippen MR) is 106 cm³/mol. The number of ether oxygens (including phenoxy) is 1. The Bertz CT molecular complexity index is 1060. The molecule has 0 atom stereocenters. The summed E-state index contributed by atoms with van der Waals surface area (Å²) in [6.45, 7) is 3.94. The highest BCUT2D eigenvalue weighted by Gasteiger charge is 2.26. The third-order valence-electron chi connectivity index (χ3n) is 4.79. The second kappa shape index (κ2) is 8.10. The summed E-state index contributed by atoms with van der Waals surface area (Å²) in [5.41, 5.74) is 4.10. The van der Waals surface area contributed by atoms with E-state index in [9.17, 15) is 14.4 Å². The number of esters is 1. The van der Waals surface area contributed by atoms with Crippen LogP contribution < -0.4 is 0 Å². The molecule has 0 spiro atoms. The van der Waals surface area contributed by atoms with Gasteiger partial charge in [0.05, 0.1) is 12.2 Å². The lowest BCUT2D eigenvalue weighted by Crippen LogP contribution is -2.12. The molecule has 0 unspecified atom stereocenters. The molecule has 1 aromatic heterocycles. The topological polar surface area (TPSA) is 55.0 Å². The molecule has 28 heavy (non-hydrogen) atoms. The summed E-state index contributed by atoms with van der Waals surface area (Å²) < 4.78 is 21.0. The number of nitriles is 1. The lowest BCUT2D eigenvalue weighted by Gasteiger charge is -2.09. The number of halogens is 1. The number of carbonyl (C=O) groups is 1. The average molecular weight is 376 g/mol. The van der Waals surface area contributed by atoms with Crippen LogP contribution in [0.5, 0.6) is 0 Å². The van der Waals surface area contributed by atoms with Gasteiger partial charge in [0.2, 0.25) is 0 Å². The van der Waals surface area contributed by atoms with Crippen LogP contribution in [0.1, 0.15) is 35.6 Å². The van der Waals surface area contributed by atoms with Gasteiger partial charge in [-0.05, 0) is 30.5 Å². The zero-order valence-electron chi connectivity index (χ0n) is 16.1. The Hall–Kier alpha value is -3.39. The fourth-order valence-corrected chi connectivity index (χ4v) is 3.50. The molecule has 0 bridgehead atoms. The van der Waals surface area contributed by atoms with Crippen molar-refractivity contribution in [1.82, 2.24) is 4.57 Å². The van der Waals surface area contributed by atoms with Crippen molar-refractivity contribution >= 4 is 5.97 Å². The molecular weight excluding hydrogens is 355 g/mol. The van der Waals surface area contributed by atoms with Crippen LogP contribution in [-0.4, -0.2) is 17.1 Å². The first-order valence-electron chi connectivity index (χ1n) is 9.17. The number of hydrogen-bond donors (Lipinski definition) is 0. The van der Waals surface area contributed by atoms with Gasteiger partial charge in [-0.25, -0.2) is 9.18 Å². The van der Waals surface area contributed by atoms with E-state index in [-0.39, 0.29) is 12.4 Å². The van der Waals surface area contributed by atoms with E-state index in [0.717, 1.165) is 16.8 Å². The van der Waals surface area contributed by atoms with E-state index in [1.54, 1.807) is 61.0 Å². The third-order valence-corrected chi connectivity index (χ3v) is 4.79. The molecule has 3 rings (SSSR count). The van der Waals surface area contributed by atoms with Crippen LogP contribution in [-0.2, 0) is 18.2 Å². The Kier molecular flexibility index (Phi) is 5.60. The molecule has 0 N–H and O–H groups in total. The Labute approximate surface area is 163 Å². The van der Waals surface area contributed by atoms with Gasteiger partial charge in [0.25, 0.3) is 0 Å². The summed E-state index contributed by atoms with van der Waals surface area (Å²) in [6.07, 6.45) is 0.610. The highest BCUT2D eigenvalue weighted by atomic mass is 19.1. The fraction of sp³-hybridized carbons (Fsp3) is 0.217. The van der Waals surface area contributed by atoms with Crippen LogP contribution in [0, 0.1) is 17.1 Å². The monoisotopic (exact) mass is 376 g/mol. The van der Waals surface area contributed by atoms with Gasteiger partial charge < -0.3 is 9.30 Å². The molecule has 3 aromatic rings. The summed E-state index contributed by atoms with van der Waals surface area (Å²) in [6, 6.07) is 16.0. The van der Waals surface area contributed by atoms with E-state index in [0.29, 0.717) is 28.8 Å². The summed E-state index contributed by atoms with van der Waals surface area (Å²) >= 11 is 0. The smallest absolute Gasteiger partial charge is 0.355 e. The van der Waals surface area contributed by atoms with Crippen LogP contribution >= 0.6 is 0 Å². The minimum absolute atomic E-state index is 0.249. The maximum Gasteiger partial charge on any atom is 0.355 e. The molecule has 0 saturated heterocycles. The second-order valence-electron chi connectivity index (χ2n) is 6.35. The summed E-state index contributed by atoms with van der Waals surface area (Å²) in [7, 11) is 1.77. The zero-order chi connectivity index (χ0) is 20.3. The molecule has 142 valence electrons. The quantitative estimate of drug-likeness (QED) is 0.582. The van der Waals surface area contributed by atoms with Gasteiger partial charge in [-0.1, -0.05) is 49.4 Å². The van der Waals surface area contributed by atoms with Gasteiger partial charge in [-0.3, -0.25) is 0 Å². The molecule has 0 radical (unpaired) electrons. The highest BCUT2D eigenvalue weighted by molar-refractivity contribution is 5.98. The van der Waals surface area contributed by atoms with Crippen molar-refractivity contribution in [3.8, 4) is 28.3 Å². The summed E-state index contributed by atoms with van der Waals surface area (Å²) in [4.78, 5) is 12.6. The third kappa shape index (κ3) is 3.29. The van der Waals surface area contributed by atoms with Crippen molar-refractivity contribution < 1.29 is 13.9 Å². The Morgan fingerprint density at radius 2 is 1.75 bits per heavy atom. The van der Waals surface area contributed by atoms with Crippen molar-refractivity contribution in [2.45, 2.75) is 20.3 Å². The fourth-order valence-electron chi connectivity index (χ4n) is 3.50. The van der Waals surface area contributed by atoms with Gasteiger partial charge in [-0.15, -0.1) is 0 Å². The van der Waals surface area contributed by atoms with Crippen LogP contribution in [0.3, 0.4) is 0 Å². The van der Waals surface area contributed by atoms with E-state index in [4.69, 9.17) is 4.74 Å². The molecule has 0 saturated carbocycles. The van der Waals surface area contributed by atoms with Crippen LogP contribution in [0.25, 0.3) is 22.3 Å². The predicted octanol–water partition coefficient (Wildman–Crippen LogP) is 5.11. The molecule has 4 nitrogen and oxygen atoms in total. The lowest BCUT2D eigenvalue weighted by molar-refractivity contribution is 0.0516. The number of carbonyl (C=O) groups excluding carboxylic acids is 1. The van der Waals surface area contributed by atoms with Crippen LogP contribution in [0.15, 0.2) is 48.5 Å². The first-order chi connectivity index (χ1) is 13.5. The highest BCUT2D eigenvalue weighted by Crippen LogP contribution is 2.34. The van der Waals surface area contributed by atoms with Crippen molar-refractivity contribution in [3.63, 3.8) is 0 Å². The van der Waals surface area contributed by atoms with Crippen molar-refractivity contribution in [3.05, 3.63) is 71.3 Å². The molecule has 0 aliphatic rings. The van der Waals surface area contributed by atoms with Crippen molar-refractivity contribution in [2.75, 3.05) is 6.61 Å². The number of hydrogen-bond acceptors (Lipinski definition) is 3. The number of aromatic nitrogens is 1. The van der Waals surface area contributed by atoms with Crippen LogP contribution in [0.2, 0.25) is 0 Å². The molecule has 5 heteroatoms. The van der Waals surface area contributed by atoms with E-state index in [1.807, 2.05) is 6.92 Å². The first kappa shape index (κ1) is 19.4. The Balaban J connectivity index is 2.17. The standard InChI is InChI=1S/C23H21FN2O2/c1-4-20-18(14-25)21(22(26(20)3)23(27)28-5-2)16-12-10-15(11-13-16)17-8-6-7-9-19(17)24/h6-13H,4-5H2,1-3H3. The van der Waals surface area contributed by atoms with Gasteiger partial charge in [0.15, 0.2) is 0 Å². The minimum Gasteiger partial charge on any atom is -0.461 e. The number of benzene rings is 2. The van der Waals surface area contributed by atoms with E-state index in [1.165, 1.54) is 6.07 Å². The van der Waals surface area contributed by atoms with Crippen LogP contribution in [0.4, 0.5) is 4.39 Å². The van der Waals surface area contributed by atoms with Gasteiger partial charge in [-0.2, -0.15) is 5.26 Å². The van der Waals surface area contributed by atoms with Gasteiger partial charge in [0, 0.05) is 23.9 Å². The van der Waals surface area contributed by atoms with E-state index in [2.05, 4.69) is 6.07 Å². The van der Waals surface area contributed by atoms with Gasteiger partial charge in [0.1, 0.15) is 17.6 Å². The number of nitrogens with zero attached hydrogens (tertiary/aromatic N) is 2. The van der Waals surface area contributed by atoms with E-state index >= 15 is 0 Å². The zero-order valence-corrected chi connectivity index (χ0v) is 16.1. The molecular formula is C23H21FN2O2. The van der Waals surface area contributed by atoms with Crippen molar-refractivity contribution in [1.29, 1.82) is 5.26 Å². The minimum atomic E-state index is -0.464.